The minimum absolute atomic E-state index is 0.0578. The minimum Gasteiger partial charge on any atom is -0.482 e. The first-order valence-corrected chi connectivity index (χ1v) is 8.71. The Labute approximate surface area is 153 Å². The Balaban J connectivity index is 1.62. The van der Waals surface area contributed by atoms with Crippen LogP contribution in [0.3, 0.4) is 0 Å². The highest BCUT2D eigenvalue weighted by atomic mass is 16.5. The molecule has 0 aliphatic carbocycles. The fourth-order valence-corrected chi connectivity index (χ4v) is 3.06. The van der Waals surface area contributed by atoms with Gasteiger partial charge in [0.1, 0.15) is 11.4 Å². The molecule has 1 N–H and O–H groups in total. The number of rotatable bonds is 6. The summed E-state index contributed by atoms with van der Waals surface area (Å²) in [4.78, 5) is 18.2. The van der Waals surface area contributed by atoms with Crippen LogP contribution in [0.1, 0.15) is 11.1 Å². The second-order valence-corrected chi connectivity index (χ2v) is 6.64. The van der Waals surface area contributed by atoms with Crippen LogP contribution in [-0.4, -0.2) is 59.4 Å². The number of pyridine rings is 1. The summed E-state index contributed by atoms with van der Waals surface area (Å²) in [7, 11) is 0. The molecule has 1 aliphatic heterocycles. The van der Waals surface area contributed by atoms with Crippen molar-refractivity contribution in [1.82, 2.24) is 9.88 Å². The Hall–Kier alpha value is -2.44. The topological polar surface area (TPSA) is 71.9 Å². The Bertz CT molecular complexity index is 720. The number of nitrogens with zero attached hydrogens (tertiary/aromatic N) is 2. The van der Waals surface area contributed by atoms with Crippen LogP contribution in [0.4, 0.5) is 0 Å². The lowest BCUT2D eigenvalue weighted by Crippen LogP contribution is -2.57. The predicted molar refractivity (Wildman–Crippen MR) is 97.0 cm³/mol. The molecule has 1 aromatic heterocycles. The van der Waals surface area contributed by atoms with Gasteiger partial charge in [-0.15, -0.1) is 0 Å². The third-order valence-corrected chi connectivity index (χ3v) is 4.53. The largest absolute Gasteiger partial charge is 0.482 e. The smallest absolute Gasteiger partial charge is 0.260 e. The van der Waals surface area contributed by atoms with Crippen molar-refractivity contribution in [3.8, 4) is 5.75 Å². The van der Waals surface area contributed by atoms with E-state index >= 15 is 0 Å². The molecule has 1 fully saturated rings. The molecule has 0 spiro atoms. The predicted octanol–water partition coefficient (Wildman–Crippen LogP) is 1.60. The maximum Gasteiger partial charge on any atom is 0.260 e. The van der Waals surface area contributed by atoms with E-state index in [0.717, 1.165) is 5.56 Å². The van der Waals surface area contributed by atoms with Crippen molar-refractivity contribution in [2.45, 2.75) is 18.9 Å². The summed E-state index contributed by atoms with van der Waals surface area (Å²) >= 11 is 0. The lowest BCUT2D eigenvalue weighted by molar-refractivity contribution is -0.159. The van der Waals surface area contributed by atoms with Crippen molar-refractivity contribution in [3.05, 3.63) is 59.9 Å². The SMILES string of the molecule is Cc1ccc(C[C@]2(CO)CN(C(=O)COc3cccnc3)CCO2)cc1. The molecule has 6 nitrogen and oxygen atoms in total. The average molecular weight is 356 g/mol. The summed E-state index contributed by atoms with van der Waals surface area (Å²) < 4.78 is 11.4. The standard InChI is InChI=1S/C20H24N2O4/c1-16-4-6-17(7-5-16)11-20(15-23)14-22(9-10-26-20)19(24)13-25-18-3-2-8-21-12-18/h2-8,12,23H,9-11,13-15H2,1H3/t20-/m1/s1. The van der Waals surface area contributed by atoms with Crippen molar-refractivity contribution < 1.29 is 19.4 Å². The number of aryl methyl sites for hydroxylation is 1. The summed E-state index contributed by atoms with van der Waals surface area (Å²) in [6.07, 6.45) is 3.77. The molecular formula is C20H24N2O4. The van der Waals surface area contributed by atoms with Gasteiger partial charge in [-0.3, -0.25) is 9.78 Å². The number of ether oxygens (including phenoxy) is 2. The average Bonchev–Trinajstić information content (AvgIpc) is 2.69. The van der Waals surface area contributed by atoms with Crippen LogP contribution in [0, 0.1) is 6.92 Å². The van der Waals surface area contributed by atoms with Gasteiger partial charge in [0.05, 0.1) is 26.0 Å². The van der Waals surface area contributed by atoms with Crippen LogP contribution < -0.4 is 4.74 Å². The third-order valence-electron chi connectivity index (χ3n) is 4.53. The number of carbonyl (C=O) groups excluding carboxylic acids is 1. The van der Waals surface area contributed by atoms with Gasteiger partial charge in [0, 0.05) is 19.2 Å². The number of amides is 1. The summed E-state index contributed by atoms with van der Waals surface area (Å²) in [5.41, 5.74) is 1.48. The molecule has 1 saturated heterocycles. The van der Waals surface area contributed by atoms with E-state index in [2.05, 4.69) is 4.98 Å². The number of aliphatic hydroxyl groups excluding tert-OH is 1. The maximum absolute atomic E-state index is 12.5. The number of hydrogen-bond donors (Lipinski definition) is 1. The maximum atomic E-state index is 12.5. The highest BCUT2D eigenvalue weighted by molar-refractivity contribution is 5.78. The zero-order chi connectivity index (χ0) is 18.4. The van der Waals surface area contributed by atoms with Crippen LogP contribution in [0.25, 0.3) is 0 Å². The van der Waals surface area contributed by atoms with Gasteiger partial charge < -0.3 is 19.5 Å². The summed E-state index contributed by atoms with van der Waals surface area (Å²) in [6.45, 7) is 3.06. The van der Waals surface area contributed by atoms with Gasteiger partial charge in [-0.05, 0) is 24.6 Å². The lowest BCUT2D eigenvalue weighted by atomic mass is 9.92. The highest BCUT2D eigenvalue weighted by Crippen LogP contribution is 2.23. The zero-order valence-electron chi connectivity index (χ0n) is 14.9. The van der Waals surface area contributed by atoms with E-state index in [4.69, 9.17) is 9.47 Å². The second kappa shape index (κ2) is 8.29. The number of morpholine rings is 1. The van der Waals surface area contributed by atoms with E-state index in [0.29, 0.717) is 31.9 Å². The first kappa shape index (κ1) is 18.4. The number of aliphatic hydroxyl groups is 1. The van der Waals surface area contributed by atoms with E-state index in [-0.39, 0.29) is 19.1 Å². The molecule has 138 valence electrons. The molecular weight excluding hydrogens is 332 g/mol. The van der Waals surface area contributed by atoms with Crippen molar-refractivity contribution in [2.75, 3.05) is 32.9 Å². The first-order chi connectivity index (χ1) is 12.6. The van der Waals surface area contributed by atoms with Gasteiger partial charge in [-0.2, -0.15) is 0 Å². The zero-order valence-corrected chi connectivity index (χ0v) is 14.9. The molecule has 0 unspecified atom stereocenters. The second-order valence-electron chi connectivity index (χ2n) is 6.64. The number of benzene rings is 1. The van der Waals surface area contributed by atoms with Crippen LogP contribution in [0.5, 0.6) is 5.75 Å². The number of hydrogen-bond acceptors (Lipinski definition) is 5. The molecule has 1 aliphatic rings. The molecule has 2 heterocycles. The van der Waals surface area contributed by atoms with Crippen LogP contribution >= 0.6 is 0 Å². The van der Waals surface area contributed by atoms with Gasteiger partial charge in [-0.1, -0.05) is 29.8 Å². The Morgan fingerprint density at radius 1 is 1.35 bits per heavy atom. The molecule has 0 saturated carbocycles. The third kappa shape index (κ3) is 4.59. The van der Waals surface area contributed by atoms with Crippen molar-refractivity contribution in [3.63, 3.8) is 0 Å². The summed E-state index contributed by atoms with van der Waals surface area (Å²) in [6, 6.07) is 11.6. The quantitative estimate of drug-likeness (QED) is 0.851. The summed E-state index contributed by atoms with van der Waals surface area (Å²) in [5.74, 6) is 0.432. The molecule has 2 aromatic rings. The fraction of sp³-hybridized carbons (Fsp3) is 0.400. The Kier molecular flexibility index (Phi) is 5.85. The van der Waals surface area contributed by atoms with Gasteiger partial charge in [-0.25, -0.2) is 0 Å². The van der Waals surface area contributed by atoms with Crippen LogP contribution in [0.15, 0.2) is 48.8 Å². The van der Waals surface area contributed by atoms with E-state index in [1.54, 1.807) is 29.4 Å². The normalized spacial score (nSPS) is 20.0. The molecule has 0 bridgehead atoms. The van der Waals surface area contributed by atoms with E-state index in [1.807, 2.05) is 31.2 Å². The van der Waals surface area contributed by atoms with Gasteiger partial charge >= 0.3 is 0 Å². The van der Waals surface area contributed by atoms with Crippen LogP contribution in [-0.2, 0) is 16.0 Å². The highest BCUT2D eigenvalue weighted by Gasteiger charge is 2.38. The molecule has 3 rings (SSSR count). The lowest BCUT2D eigenvalue weighted by Gasteiger charge is -2.41. The first-order valence-electron chi connectivity index (χ1n) is 8.71. The van der Waals surface area contributed by atoms with E-state index < -0.39 is 5.60 Å². The van der Waals surface area contributed by atoms with Gasteiger partial charge in [0.2, 0.25) is 0 Å². The van der Waals surface area contributed by atoms with Crippen molar-refractivity contribution in [1.29, 1.82) is 0 Å². The molecule has 1 aromatic carbocycles. The molecule has 1 atom stereocenters. The van der Waals surface area contributed by atoms with Gasteiger partial charge in [0.25, 0.3) is 5.91 Å². The monoisotopic (exact) mass is 356 g/mol. The van der Waals surface area contributed by atoms with E-state index in [1.165, 1.54) is 5.56 Å². The summed E-state index contributed by atoms with van der Waals surface area (Å²) in [5, 5.41) is 9.96. The van der Waals surface area contributed by atoms with E-state index in [9.17, 15) is 9.90 Å². The molecule has 0 radical (unpaired) electrons. The Morgan fingerprint density at radius 3 is 2.85 bits per heavy atom. The van der Waals surface area contributed by atoms with Gasteiger partial charge in [0.15, 0.2) is 6.61 Å². The molecule has 26 heavy (non-hydrogen) atoms. The Morgan fingerprint density at radius 2 is 2.15 bits per heavy atom. The minimum atomic E-state index is -0.780. The number of aromatic nitrogens is 1. The van der Waals surface area contributed by atoms with Crippen molar-refractivity contribution in [2.24, 2.45) is 0 Å². The number of carbonyl (C=O) groups is 1. The van der Waals surface area contributed by atoms with Crippen LogP contribution in [0.2, 0.25) is 0 Å². The molecule has 6 heteroatoms. The van der Waals surface area contributed by atoms with Crippen molar-refractivity contribution >= 4 is 5.91 Å². The fourth-order valence-electron chi connectivity index (χ4n) is 3.06. The molecule has 1 amide bonds.